The molecule has 0 saturated heterocycles. The SMILES string of the molecule is Cc1oc(CNC(=O)COc2ccccc2)nc1-c1ccccc1. The second-order valence-corrected chi connectivity index (χ2v) is 5.26. The van der Waals surface area contributed by atoms with Gasteiger partial charge in [-0.3, -0.25) is 4.79 Å². The first-order valence-electron chi connectivity index (χ1n) is 7.68. The molecule has 1 N–H and O–H groups in total. The van der Waals surface area contributed by atoms with Crippen LogP contribution in [0.25, 0.3) is 11.3 Å². The van der Waals surface area contributed by atoms with E-state index in [1.54, 1.807) is 12.1 Å². The molecule has 0 unspecified atom stereocenters. The fourth-order valence-corrected chi connectivity index (χ4v) is 2.28. The Morgan fingerprint density at radius 1 is 1.08 bits per heavy atom. The number of rotatable bonds is 6. The van der Waals surface area contributed by atoms with Gasteiger partial charge in [-0.05, 0) is 19.1 Å². The molecular weight excluding hydrogens is 304 g/mol. The van der Waals surface area contributed by atoms with Crippen molar-refractivity contribution in [2.75, 3.05) is 6.61 Å². The van der Waals surface area contributed by atoms with Crippen molar-refractivity contribution < 1.29 is 13.9 Å². The van der Waals surface area contributed by atoms with Crippen LogP contribution in [0.3, 0.4) is 0 Å². The average molecular weight is 322 g/mol. The molecule has 24 heavy (non-hydrogen) atoms. The van der Waals surface area contributed by atoms with Crippen LogP contribution in [-0.2, 0) is 11.3 Å². The summed E-state index contributed by atoms with van der Waals surface area (Å²) in [5.74, 6) is 1.63. The van der Waals surface area contributed by atoms with Crippen molar-refractivity contribution in [3.05, 3.63) is 72.3 Å². The highest BCUT2D eigenvalue weighted by molar-refractivity contribution is 5.77. The number of aromatic nitrogens is 1. The van der Waals surface area contributed by atoms with Crippen LogP contribution in [0.4, 0.5) is 0 Å². The third kappa shape index (κ3) is 4.01. The number of carbonyl (C=O) groups excluding carboxylic acids is 1. The van der Waals surface area contributed by atoms with Crippen LogP contribution < -0.4 is 10.1 Å². The lowest BCUT2D eigenvalue weighted by molar-refractivity contribution is -0.123. The molecule has 0 radical (unpaired) electrons. The van der Waals surface area contributed by atoms with E-state index in [4.69, 9.17) is 9.15 Å². The smallest absolute Gasteiger partial charge is 0.258 e. The zero-order chi connectivity index (χ0) is 16.8. The van der Waals surface area contributed by atoms with Crippen molar-refractivity contribution in [1.82, 2.24) is 10.3 Å². The Balaban J connectivity index is 1.54. The molecule has 0 aliphatic heterocycles. The molecule has 122 valence electrons. The second-order valence-electron chi connectivity index (χ2n) is 5.26. The van der Waals surface area contributed by atoms with Gasteiger partial charge in [0.1, 0.15) is 17.2 Å². The summed E-state index contributed by atoms with van der Waals surface area (Å²) >= 11 is 0. The van der Waals surface area contributed by atoms with E-state index >= 15 is 0 Å². The van der Waals surface area contributed by atoms with Crippen LogP contribution in [0.15, 0.2) is 65.1 Å². The molecule has 2 aromatic carbocycles. The van der Waals surface area contributed by atoms with E-state index in [9.17, 15) is 4.79 Å². The highest BCUT2D eigenvalue weighted by Gasteiger charge is 2.12. The maximum atomic E-state index is 11.8. The topological polar surface area (TPSA) is 64.4 Å². The molecule has 0 aliphatic carbocycles. The summed E-state index contributed by atoms with van der Waals surface area (Å²) in [5, 5.41) is 2.74. The van der Waals surface area contributed by atoms with Crippen LogP contribution in [0.5, 0.6) is 5.75 Å². The van der Waals surface area contributed by atoms with E-state index in [2.05, 4.69) is 10.3 Å². The number of oxazole rings is 1. The number of hydrogen-bond acceptors (Lipinski definition) is 4. The Morgan fingerprint density at radius 3 is 2.46 bits per heavy atom. The van der Waals surface area contributed by atoms with Crippen LogP contribution in [-0.4, -0.2) is 17.5 Å². The molecule has 0 atom stereocenters. The summed E-state index contributed by atoms with van der Waals surface area (Å²) < 4.78 is 11.0. The highest BCUT2D eigenvalue weighted by Crippen LogP contribution is 2.22. The summed E-state index contributed by atoms with van der Waals surface area (Å²) in [6.07, 6.45) is 0. The molecule has 0 spiro atoms. The molecule has 0 aliphatic rings. The average Bonchev–Trinajstić information content (AvgIpc) is 3.00. The Hall–Kier alpha value is -3.08. The van der Waals surface area contributed by atoms with Crippen LogP contribution in [0.2, 0.25) is 0 Å². The molecule has 1 aromatic heterocycles. The fraction of sp³-hybridized carbons (Fsp3) is 0.158. The molecular formula is C19H18N2O3. The van der Waals surface area contributed by atoms with Gasteiger partial charge in [0.15, 0.2) is 6.61 Å². The molecule has 0 saturated carbocycles. The lowest BCUT2D eigenvalue weighted by Gasteiger charge is -2.05. The van der Waals surface area contributed by atoms with Gasteiger partial charge in [0.25, 0.3) is 5.91 Å². The van der Waals surface area contributed by atoms with Crippen LogP contribution in [0, 0.1) is 6.92 Å². The zero-order valence-corrected chi connectivity index (χ0v) is 13.4. The van der Waals surface area contributed by atoms with Gasteiger partial charge >= 0.3 is 0 Å². The molecule has 5 heteroatoms. The van der Waals surface area contributed by atoms with Crippen molar-refractivity contribution in [3.63, 3.8) is 0 Å². The van der Waals surface area contributed by atoms with Gasteiger partial charge in [0.2, 0.25) is 5.89 Å². The monoisotopic (exact) mass is 322 g/mol. The Labute approximate surface area is 140 Å². The molecule has 5 nitrogen and oxygen atoms in total. The van der Waals surface area contributed by atoms with E-state index in [1.807, 2.05) is 55.5 Å². The quantitative estimate of drug-likeness (QED) is 0.756. The van der Waals surface area contributed by atoms with E-state index in [-0.39, 0.29) is 19.1 Å². The molecule has 1 heterocycles. The first-order chi connectivity index (χ1) is 11.7. The number of hydrogen-bond donors (Lipinski definition) is 1. The number of para-hydroxylation sites is 1. The molecule has 1 amide bonds. The van der Waals surface area contributed by atoms with E-state index < -0.39 is 0 Å². The van der Waals surface area contributed by atoms with Gasteiger partial charge in [0.05, 0.1) is 6.54 Å². The number of aryl methyl sites for hydroxylation is 1. The van der Waals surface area contributed by atoms with Crippen LogP contribution in [0.1, 0.15) is 11.7 Å². The van der Waals surface area contributed by atoms with E-state index in [0.717, 1.165) is 17.0 Å². The number of benzene rings is 2. The fourth-order valence-electron chi connectivity index (χ4n) is 2.28. The van der Waals surface area contributed by atoms with Gasteiger partial charge < -0.3 is 14.5 Å². The largest absolute Gasteiger partial charge is 0.484 e. The first-order valence-corrected chi connectivity index (χ1v) is 7.68. The summed E-state index contributed by atoms with van der Waals surface area (Å²) in [4.78, 5) is 16.3. The van der Waals surface area contributed by atoms with Gasteiger partial charge in [-0.15, -0.1) is 0 Å². The predicted octanol–water partition coefficient (Wildman–Crippen LogP) is 3.35. The van der Waals surface area contributed by atoms with Crippen molar-refractivity contribution in [2.24, 2.45) is 0 Å². The normalized spacial score (nSPS) is 10.4. The summed E-state index contributed by atoms with van der Waals surface area (Å²) in [5.41, 5.74) is 1.78. The minimum absolute atomic E-state index is 0.0464. The Morgan fingerprint density at radius 2 is 1.75 bits per heavy atom. The van der Waals surface area contributed by atoms with Gasteiger partial charge in [-0.25, -0.2) is 4.98 Å². The minimum Gasteiger partial charge on any atom is -0.484 e. The van der Waals surface area contributed by atoms with Gasteiger partial charge in [-0.1, -0.05) is 48.5 Å². The Bertz CT molecular complexity index is 798. The van der Waals surface area contributed by atoms with Crippen LogP contribution >= 0.6 is 0 Å². The number of carbonyl (C=O) groups is 1. The number of nitrogens with one attached hydrogen (secondary N) is 1. The van der Waals surface area contributed by atoms with Gasteiger partial charge in [-0.2, -0.15) is 0 Å². The van der Waals surface area contributed by atoms with E-state index in [1.165, 1.54) is 0 Å². The molecule has 0 fully saturated rings. The van der Waals surface area contributed by atoms with Crippen molar-refractivity contribution in [2.45, 2.75) is 13.5 Å². The standard InChI is InChI=1S/C19H18N2O3/c1-14-19(15-8-4-2-5-9-15)21-18(24-14)12-20-17(22)13-23-16-10-6-3-7-11-16/h2-11H,12-13H2,1H3,(H,20,22). The highest BCUT2D eigenvalue weighted by atomic mass is 16.5. The maximum Gasteiger partial charge on any atom is 0.258 e. The lowest BCUT2D eigenvalue weighted by atomic mass is 10.1. The van der Waals surface area contributed by atoms with E-state index in [0.29, 0.717) is 11.6 Å². The third-order valence-electron chi connectivity index (χ3n) is 3.44. The van der Waals surface area contributed by atoms with Crippen molar-refractivity contribution >= 4 is 5.91 Å². The van der Waals surface area contributed by atoms with Crippen molar-refractivity contribution in [3.8, 4) is 17.0 Å². The number of nitrogens with zero attached hydrogens (tertiary/aromatic N) is 1. The Kier molecular flexibility index (Phi) is 4.91. The minimum atomic E-state index is -0.226. The first kappa shape index (κ1) is 15.8. The third-order valence-corrected chi connectivity index (χ3v) is 3.44. The summed E-state index contributed by atoms with van der Waals surface area (Å²) in [7, 11) is 0. The molecule has 0 bridgehead atoms. The lowest BCUT2D eigenvalue weighted by Crippen LogP contribution is -2.28. The number of amides is 1. The number of ether oxygens (including phenoxy) is 1. The maximum absolute atomic E-state index is 11.8. The molecule has 3 rings (SSSR count). The zero-order valence-electron chi connectivity index (χ0n) is 13.4. The van der Waals surface area contributed by atoms with Crippen molar-refractivity contribution in [1.29, 1.82) is 0 Å². The molecule has 3 aromatic rings. The van der Waals surface area contributed by atoms with Gasteiger partial charge in [0, 0.05) is 5.56 Å². The summed E-state index contributed by atoms with van der Waals surface area (Å²) in [6, 6.07) is 19.0. The summed E-state index contributed by atoms with van der Waals surface area (Å²) in [6.45, 7) is 2.04. The second kappa shape index (κ2) is 7.46. The predicted molar refractivity (Wildman–Crippen MR) is 90.5 cm³/mol.